The fourth-order valence-corrected chi connectivity index (χ4v) is 2.33. The van der Waals surface area contributed by atoms with Crippen LogP contribution in [0.25, 0.3) is 0 Å². The summed E-state index contributed by atoms with van der Waals surface area (Å²) < 4.78 is 5.11. The maximum absolute atomic E-state index is 12.5. The van der Waals surface area contributed by atoms with Gasteiger partial charge in [-0.2, -0.15) is 0 Å². The Morgan fingerprint density at radius 2 is 1.88 bits per heavy atom. The molecular formula is C17H16ClN3O4. The molecule has 25 heavy (non-hydrogen) atoms. The molecule has 0 aliphatic carbocycles. The van der Waals surface area contributed by atoms with Gasteiger partial charge in [-0.1, -0.05) is 17.7 Å². The summed E-state index contributed by atoms with van der Waals surface area (Å²) in [5.74, 6) is -2.37. The second-order valence-electron chi connectivity index (χ2n) is 5.05. The van der Waals surface area contributed by atoms with Gasteiger partial charge in [0.05, 0.1) is 18.5 Å². The van der Waals surface area contributed by atoms with Crippen molar-refractivity contribution in [1.29, 1.82) is 0 Å². The first-order valence-corrected chi connectivity index (χ1v) is 7.56. The third-order valence-corrected chi connectivity index (χ3v) is 3.49. The van der Waals surface area contributed by atoms with E-state index < -0.39 is 17.7 Å². The normalized spacial score (nSPS) is 10.0. The molecule has 0 heterocycles. The van der Waals surface area contributed by atoms with Gasteiger partial charge in [0, 0.05) is 17.6 Å². The lowest BCUT2D eigenvalue weighted by Crippen LogP contribution is -2.42. The number of rotatable bonds is 3. The molecule has 3 amide bonds. The van der Waals surface area contributed by atoms with Crippen molar-refractivity contribution in [1.82, 2.24) is 0 Å². The Labute approximate surface area is 149 Å². The highest BCUT2D eigenvalue weighted by atomic mass is 35.5. The lowest BCUT2D eigenvalue weighted by atomic mass is 10.2. The maximum atomic E-state index is 12.5. The van der Waals surface area contributed by atoms with Crippen molar-refractivity contribution in [3.63, 3.8) is 0 Å². The van der Waals surface area contributed by atoms with Crippen LogP contribution in [-0.4, -0.2) is 24.8 Å². The molecule has 0 spiro atoms. The van der Waals surface area contributed by atoms with Gasteiger partial charge in [-0.05, 0) is 36.4 Å². The number of nitrogens with zero attached hydrogens (tertiary/aromatic N) is 1. The fraction of sp³-hybridized carbons (Fsp3) is 0.118. The van der Waals surface area contributed by atoms with Crippen LogP contribution >= 0.6 is 11.6 Å². The molecule has 7 nitrogen and oxygen atoms in total. The predicted molar refractivity (Wildman–Crippen MR) is 95.7 cm³/mol. The standard InChI is InChI=1S/C17H16ClN3O4/c1-10(22)21(13-5-3-4-12(19)9-13)17(24)16(23)20-14-8-11(18)6-7-15(14)25-2/h3-9H,19H2,1-2H3,(H,20,23). The van der Waals surface area contributed by atoms with E-state index in [1.165, 1.54) is 32.2 Å². The van der Waals surface area contributed by atoms with Crippen LogP contribution < -0.4 is 20.7 Å². The number of nitrogen functional groups attached to an aromatic ring is 1. The highest BCUT2D eigenvalue weighted by molar-refractivity contribution is 6.48. The molecule has 0 aromatic heterocycles. The number of carbonyl (C=O) groups is 3. The zero-order valence-electron chi connectivity index (χ0n) is 13.6. The van der Waals surface area contributed by atoms with E-state index >= 15 is 0 Å². The first-order chi connectivity index (χ1) is 11.8. The zero-order valence-corrected chi connectivity index (χ0v) is 14.3. The van der Waals surface area contributed by atoms with E-state index in [0.717, 1.165) is 4.90 Å². The van der Waals surface area contributed by atoms with Gasteiger partial charge in [-0.15, -0.1) is 0 Å². The molecule has 2 aromatic carbocycles. The van der Waals surface area contributed by atoms with Crippen LogP contribution in [0.5, 0.6) is 5.75 Å². The van der Waals surface area contributed by atoms with Crippen LogP contribution in [0.2, 0.25) is 5.02 Å². The van der Waals surface area contributed by atoms with Gasteiger partial charge in [0.2, 0.25) is 5.91 Å². The summed E-state index contributed by atoms with van der Waals surface area (Å²) in [7, 11) is 1.41. The van der Waals surface area contributed by atoms with Gasteiger partial charge in [0.25, 0.3) is 0 Å². The van der Waals surface area contributed by atoms with Crippen molar-refractivity contribution in [2.45, 2.75) is 6.92 Å². The quantitative estimate of drug-likeness (QED) is 0.645. The topological polar surface area (TPSA) is 102 Å². The highest BCUT2D eigenvalue weighted by Crippen LogP contribution is 2.28. The third-order valence-electron chi connectivity index (χ3n) is 3.25. The number of anilines is 3. The summed E-state index contributed by atoms with van der Waals surface area (Å²) in [5, 5.41) is 2.75. The van der Waals surface area contributed by atoms with Crippen molar-refractivity contribution in [2.75, 3.05) is 23.1 Å². The number of hydrogen-bond donors (Lipinski definition) is 2. The highest BCUT2D eigenvalue weighted by Gasteiger charge is 2.27. The molecule has 3 N–H and O–H groups in total. The van der Waals surface area contributed by atoms with E-state index in [9.17, 15) is 14.4 Å². The van der Waals surface area contributed by atoms with E-state index in [4.69, 9.17) is 22.1 Å². The lowest BCUT2D eigenvalue weighted by Gasteiger charge is -2.19. The Balaban J connectivity index is 2.30. The van der Waals surface area contributed by atoms with E-state index in [-0.39, 0.29) is 11.4 Å². The average Bonchev–Trinajstić information content (AvgIpc) is 2.55. The minimum Gasteiger partial charge on any atom is -0.495 e. The van der Waals surface area contributed by atoms with Crippen molar-refractivity contribution in [3.05, 3.63) is 47.5 Å². The van der Waals surface area contributed by atoms with Crippen LogP contribution in [0.15, 0.2) is 42.5 Å². The number of ether oxygens (including phenoxy) is 1. The molecule has 2 aromatic rings. The summed E-state index contributed by atoms with van der Waals surface area (Å²) in [6.45, 7) is 1.17. The largest absolute Gasteiger partial charge is 0.495 e. The summed E-state index contributed by atoms with van der Waals surface area (Å²) in [5.41, 5.74) is 6.44. The van der Waals surface area contributed by atoms with Crippen molar-refractivity contribution in [3.8, 4) is 5.75 Å². The summed E-state index contributed by atoms with van der Waals surface area (Å²) in [6, 6.07) is 10.7. The molecule has 130 valence electrons. The van der Waals surface area contributed by atoms with Crippen LogP contribution in [0.3, 0.4) is 0 Å². The van der Waals surface area contributed by atoms with Gasteiger partial charge in [-0.25, -0.2) is 4.90 Å². The predicted octanol–water partition coefficient (Wildman–Crippen LogP) is 2.45. The number of methoxy groups -OCH3 is 1. The van der Waals surface area contributed by atoms with E-state index in [2.05, 4.69) is 5.32 Å². The molecule has 8 heteroatoms. The number of halogens is 1. The Bertz CT molecular complexity index is 838. The molecule has 0 aliphatic heterocycles. The molecule has 0 atom stereocenters. The van der Waals surface area contributed by atoms with E-state index in [1.54, 1.807) is 24.3 Å². The van der Waals surface area contributed by atoms with Gasteiger partial charge in [0.1, 0.15) is 5.75 Å². The number of nitrogens with one attached hydrogen (secondary N) is 1. The minimum absolute atomic E-state index is 0.200. The molecule has 0 saturated carbocycles. The van der Waals surface area contributed by atoms with Crippen molar-refractivity contribution >= 4 is 46.4 Å². The molecular weight excluding hydrogens is 346 g/mol. The number of hydrogen-bond acceptors (Lipinski definition) is 5. The molecule has 0 unspecified atom stereocenters. The van der Waals surface area contributed by atoms with E-state index in [0.29, 0.717) is 16.5 Å². The Morgan fingerprint density at radius 1 is 1.16 bits per heavy atom. The number of benzene rings is 2. The summed E-state index contributed by atoms with van der Waals surface area (Å²) in [4.78, 5) is 37.4. The summed E-state index contributed by atoms with van der Waals surface area (Å²) in [6.07, 6.45) is 0. The molecule has 0 aliphatic rings. The monoisotopic (exact) mass is 361 g/mol. The van der Waals surface area contributed by atoms with Gasteiger partial charge < -0.3 is 15.8 Å². The number of amides is 3. The molecule has 0 saturated heterocycles. The van der Waals surface area contributed by atoms with Crippen LogP contribution in [0.1, 0.15) is 6.92 Å². The Hall–Kier alpha value is -3.06. The number of nitrogens with two attached hydrogens (primary N) is 1. The molecule has 2 rings (SSSR count). The van der Waals surface area contributed by atoms with Crippen molar-refractivity contribution < 1.29 is 19.1 Å². The van der Waals surface area contributed by atoms with Crippen LogP contribution in [-0.2, 0) is 14.4 Å². The minimum atomic E-state index is -1.06. The number of carbonyl (C=O) groups excluding carboxylic acids is 3. The van der Waals surface area contributed by atoms with Crippen molar-refractivity contribution in [2.24, 2.45) is 0 Å². The van der Waals surface area contributed by atoms with Gasteiger partial charge in [-0.3, -0.25) is 14.4 Å². The molecule has 0 radical (unpaired) electrons. The second kappa shape index (κ2) is 7.67. The lowest BCUT2D eigenvalue weighted by molar-refractivity contribution is -0.136. The van der Waals surface area contributed by atoms with Gasteiger partial charge >= 0.3 is 11.8 Å². The first-order valence-electron chi connectivity index (χ1n) is 7.18. The average molecular weight is 362 g/mol. The number of imide groups is 1. The Morgan fingerprint density at radius 3 is 2.48 bits per heavy atom. The smallest absolute Gasteiger partial charge is 0.323 e. The third kappa shape index (κ3) is 4.27. The molecule has 0 bridgehead atoms. The van der Waals surface area contributed by atoms with Crippen LogP contribution in [0.4, 0.5) is 17.1 Å². The fourth-order valence-electron chi connectivity index (χ4n) is 2.16. The van der Waals surface area contributed by atoms with Gasteiger partial charge in [0.15, 0.2) is 0 Å². The Kier molecular flexibility index (Phi) is 5.61. The maximum Gasteiger partial charge on any atom is 0.323 e. The second-order valence-corrected chi connectivity index (χ2v) is 5.49. The SMILES string of the molecule is COc1ccc(Cl)cc1NC(=O)C(=O)N(C(C)=O)c1cccc(N)c1. The molecule has 0 fully saturated rings. The first kappa shape index (κ1) is 18.3. The summed E-state index contributed by atoms with van der Waals surface area (Å²) >= 11 is 5.89. The zero-order chi connectivity index (χ0) is 18.6. The van der Waals surface area contributed by atoms with Crippen LogP contribution in [0, 0.1) is 0 Å². The van der Waals surface area contributed by atoms with E-state index in [1.807, 2.05) is 0 Å².